The third-order valence-corrected chi connectivity index (χ3v) is 4.70. The molecule has 1 aliphatic heterocycles. The van der Waals surface area contributed by atoms with Gasteiger partial charge in [-0.25, -0.2) is 4.98 Å². The molecule has 1 aliphatic rings. The van der Waals surface area contributed by atoms with E-state index >= 15 is 0 Å². The molecule has 1 aromatic rings. The molecule has 1 saturated heterocycles. The zero-order valence-corrected chi connectivity index (χ0v) is 15.0. The lowest BCUT2D eigenvalue weighted by atomic mass is 10.3. The van der Waals surface area contributed by atoms with Crippen LogP contribution in [0, 0.1) is 0 Å². The van der Waals surface area contributed by atoms with Crippen molar-refractivity contribution >= 4 is 17.3 Å². The highest BCUT2D eigenvalue weighted by Crippen LogP contribution is 2.10. The van der Waals surface area contributed by atoms with E-state index in [2.05, 4.69) is 32.9 Å². The Kier molecular flexibility index (Phi) is 8.35. The fourth-order valence-electron chi connectivity index (χ4n) is 2.33. The molecular formula is C16H28N4O2S. The third-order valence-electron chi connectivity index (χ3n) is 3.65. The number of aliphatic imine (C=N–C) groups is 1. The maximum absolute atomic E-state index is 5.74. The van der Waals surface area contributed by atoms with Crippen LogP contribution in [-0.4, -0.2) is 57.0 Å². The van der Waals surface area contributed by atoms with E-state index < -0.39 is 0 Å². The van der Waals surface area contributed by atoms with Gasteiger partial charge in [-0.1, -0.05) is 6.92 Å². The number of hydrogen-bond acceptors (Lipinski definition) is 5. The zero-order valence-electron chi connectivity index (χ0n) is 14.1. The van der Waals surface area contributed by atoms with Crippen molar-refractivity contribution in [2.45, 2.75) is 38.7 Å². The van der Waals surface area contributed by atoms with Crippen molar-refractivity contribution in [1.29, 1.82) is 0 Å². The van der Waals surface area contributed by atoms with Gasteiger partial charge in [0, 0.05) is 45.2 Å². The Labute approximate surface area is 142 Å². The fraction of sp³-hybridized carbons (Fsp3) is 0.750. The van der Waals surface area contributed by atoms with Crippen LogP contribution in [0.2, 0.25) is 0 Å². The van der Waals surface area contributed by atoms with Crippen molar-refractivity contribution < 1.29 is 9.47 Å². The van der Waals surface area contributed by atoms with Crippen LogP contribution in [0.4, 0.5) is 0 Å². The van der Waals surface area contributed by atoms with E-state index in [-0.39, 0.29) is 0 Å². The molecule has 0 bridgehead atoms. The Morgan fingerprint density at radius 3 is 3.04 bits per heavy atom. The summed E-state index contributed by atoms with van der Waals surface area (Å²) in [6.07, 6.45) is 4.20. The second-order valence-electron chi connectivity index (χ2n) is 5.47. The van der Waals surface area contributed by atoms with Gasteiger partial charge in [-0.05, 0) is 19.3 Å². The smallest absolute Gasteiger partial charge is 0.190 e. The Balaban J connectivity index is 1.52. The maximum atomic E-state index is 5.74. The van der Waals surface area contributed by atoms with Crippen molar-refractivity contribution in [1.82, 2.24) is 15.6 Å². The van der Waals surface area contributed by atoms with Crippen LogP contribution in [0.5, 0.6) is 0 Å². The van der Waals surface area contributed by atoms with Gasteiger partial charge in [-0.3, -0.25) is 4.99 Å². The summed E-state index contributed by atoms with van der Waals surface area (Å²) in [6, 6.07) is 0. The van der Waals surface area contributed by atoms with Gasteiger partial charge in [-0.15, -0.1) is 11.3 Å². The van der Waals surface area contributed by atoms with E-state index in [0.29, 0.717) is 6.10 Å². The molecule has 0 radical (unpaired) electrons. The predicted octanol–water partition coefficient (Wildman–Crippen LogP) is 1.61. The summed E-state index contributed by atoms with van der Waals surface area (Å²) in [5, 5.41) is 9.97. The summed E-state index contributed by atoms with van der Waals surface area (Å²) in [5.41, 5.74) is 1.15. The summed E-state index contributed by atoms with van der Waals surface area (Å²) < 4.78 is 11.0. The zero-order chi connectivity index (χ0) is 16.3. The van der Waals surface area contributed by atoms with Gasteiger partial charge in [0.25, 0.3) is 0 Å². The number of rotatable bonds is 9. The predicted molar refractivity (Wildman–Crippen MR) is 94.4 cm³/mol. The van der Waals surface area contributed by atoms with Crippen LogP contribution in [-0.2, 0) is 22.3 Å². The molecule has 0 aromatic carbocycles. The molecule has 0 spiro atoms. The van der Waals surface area contributed by atoms with E-state index in [1.54, 1.807) is 18.4 Å². The minimum Gasteiger partial charge on any atom is -0.379 e. The van der Waals surface area contributed by atoms with Gasteiger partial charge in [0.1, 0.15) is 0 Å². The van der Waals surface area contributed by atoms with E-state index in [1.165, 1.54) is 5.01 Å². The number of thiazole rings is 1. The number of hydrogen-bond donors (Lipinski definition) is 2. The number of ether oxygens (including phenoxy) is 2. The average Bonchev–Trinajstić information content (AvgIpc) is 3.24. The lowest BCUT2D eigenvalue weighted by molar-refractivity contribution is 0.0420. The largest absolute Gasteiger partial charge is 0.379 e. The molecule has 1 aromatic heterocycles. The van der Waals surface area contributed by atoms with Gasteiger partial charge in [0.05, 0.1) is 23.4 Å². The van der Waals surface area contributed by atoms with Crippen LogP contribution in [0.3, 0.4) is 0 Å². The molecule has 2 rings (SSSR count). The van der Waals surface area contributed by atoms with Crippen LogP contribution < -0.4 is 10.6 Å². The first kappa shape index (κ1) is 18.2. The first-order chi connectivity index (χ1) is 11.3. The van der Waals surface area contributed by atoms with Gasteiger partial charge in [0.2, 0.25) is 0 Å². The first-order valence-corrected chi connectivity index (χ1v) is 9.27. The van der Waals surface area contributed by atoms with Crippen molar-refractivity contribution in [3.63, 3.8) is 0 Å². The number of aryl methyl sites for hydroxylation is 1. The van der Waals surface area contributed by atoms with Gasteiger partial charge in [0.15, 0.2) is 5.96 Å². The lowest BCUT2D eigenvalue weighted by Gasteiger charge is -2.13. The second kappa shape index (κ2) is 10.6. The number of guanidine groups is 1. The Hall–Kier alpha value is -1.18. The number of aromatic nitrogens is 1. The molecule has 1 unspecified atom stereocenters. The minimum absolute atomic E-state index is 0.290. The Morgan fingerprint density at radius 1 is 1.48 bits per heavy atom. The maximum Gasteiger partial charge on any atom is 0.190 e. The summed E-state index contributed by atoms with van der Waals surface area (Å²) in [7, 11) is 1.79. The van der Waals surface area contributed by atoms with E-state index in [9.17, 15) is 0 Å². The molecule has 0 saturated carbocycles. The highest BCUT2D eigenvalue weighted by atomic mass is 32.1. The van der Waals surface area contributed by atoms with Crippen molar-refractivity contribution in [2.75, 3.05) is 40.0 Å². The SMILES string of the molecule is CCc1nc(CCNC(=NC)NCCCOC2CCOC2)cs1. The topological polar surface area (TPSA) is 67.8 Å². The highest BCUT2D eigenvalue weighted by Gasteiger charge is 2.15. The van der Waals surface area contributed by atoms with Crippen LogP contribution in [0.15, 0.2) is 10.4 Å². The summed E-state index contributed by atoms with van der Waals surface area (Å²) in [5.74, 6) is 0.833. The quantitative estimate of drug-likeness (QED) is 0.406. The van der Waals surface area contributed by atoms with Gasteiger partial charge < -0.3 is 20.1 Å². The Bertz CT molecular complexity index is 472. The summed E-state index contributed by atoms with van der Waals surface area (Å²) in [6.45, 7) is 6.16. The molecule has 1 fully saturated rings. The third kappa shape index (κ3) is 6.85. The van der Waals surface area contributed by atoms with Gasteiger partial charge >= 0.3 is 0 Å². The number of nitrogens with zero attached hydrogens (tertiary/aromatic N) is 2. The van der Waals surface area contributed by atoms with Crippen molar-refractivity contribution in [3.05, 3.63) is 16.1 Å². The lowest BCUT2D eigenvalue weighted by Crippen LogP contribution is -2.39. The molecule has 130 valence electrons. The Morgan fingerprint density at radius 2 is 2.35 bits per heavy atom. The molecule has 2 heterocycles. The molecule has 1 atom stereocenters. The van der Waals surface area contributed by atoms with Crippen LogP contribution in [0.25, 0.3) is 0 Å². The standard InChI is InChI=1S/C16H28N4O2S/c1-3-15-20-13(12-23-15)5-8-19-16(17-2)18-7-4-9-22-14-6-10-21-11-14/h12,14H,3-11H2,1-2H3,(H2,17,18,19). The average molecular weight is 340 g/mol. The molecule has 7 heteroatoms. The fourth-order valence-corrected chi connectivity index (χ4v) is 3.11. The monoisotopic (exact) mass is 340 g/mol. The normalized spacial score (nSPS) is 18.3. The second-order valence-corrected chi connectivity index (χ2v) is 6.41. The molecule has 2 N–H and O–H groups in total. The molecule has 0 aliphatic carbocycles. The van der Waals surface area contributed by atoms with Gasteiger partial charge in [-0.2, -0.15) is 0 Å². The van der Waals surface area contributed by atoms with Crippen LogP contribution in [0.1, 0.15) is 30.5 Å². The molecule has 0 amide bonds. The number of nitrogens with one attached hydrogen (secondary N) is 2. The van der Waals surface area contributed by atoms with Crippen LogP contribution >= 0.6 is 11.3 Å². The summed E-state index contributed by atoms with van der Waals surface area (Å²) >= 11 is 1.74. The van der Waals surface area contributed by atoms with E-state index in [1.807, 2.05) is 0 Å². The first-order valence-electron chi connectivity index (χ1n) is 8.39. The summed E-state index contributed by atoms with van der Waals surface area (Å²) in [4.78, 5) is 8.80. The molecular weight excluding hydrogens is 312 g/mol. The minimum atomic E-state index is 0.290. The molecule has 6 nitrogen and oxygen atoms in total. The van der Waals surface area contributed by atoms with Crippen molar-refractivity contribution in [3.8, 4) is 0 Å². The highest BCUT2D eigenvalue weighted by molar-refractivity contribution is 7.09. The van der Waals surface area contributed by atoms with E-state index in [4.69, 9.17) is 9.47 Å². The van der Waals surface area contributed by atoms with Crippen molar-refractivity contribution in [2.24, 2.45) is 4.99 Å². The molecule has 23 heavy (non-hydrogen) atoms. The van der Waals surface area contributed by atoms with E-state index in [0.717, 1.165) is 70.2 Å².